The van der Waals surface area contributed by atoms with Crippen LogP contribution in [0.4, 0.5) is 4.39 Å². The standard InChI is InChI=1S/C17H19F.C13H26N2O/c1-3-4-17(14-7-5-13(2)6-8-14)15-9-11-16(18)12-10-15;1-10(2)8-12(13(14)16)15-9-11-6-4-3-5-7-11/h5-12,17H,3-4H2,1-2H3;10-12,15H,3-9H2,1-2H3,(H2,14,16). The fourth-order valence-corrected chi connectivity index (χ4v) is 4.78. The van der Waals surface area contributed by atoms with Gasteiger partial charge in [0.2, 0.25) is 5.91 Å². The van der Waals surface area contributed by atoms with Crippen LogP contribution in [0.3, 0.4) is 0 Å². The predicted molar refractivity (Wildman–Crippen MR) is 141 cm³/mol. The molecule has 188 valence electrons. The highest BCUT2D eigenvalue weighted by Crippen LogP contribution is 2.29. The monoisotopic (exact) mass is 468 g/mol. The van der Waals surface area contributed by atoms with Gasteiger partial charge in [0.25, 0.3) is 0 Å². The third-order valence-corrected chi connectivity index (χ3v) is 6.76. The van der Waals surface area contributed by atoms with Gasteiger partial charge in [0.05, 0.1) is 6.04 Å². The lowest BCUT2D eigenvalue weighted by Gasteiger charge is -2.25. The van der Waals surface area contributed by atoms with Crippen molar-refractivity contribution < 1.29 is 9.18 Å². The summed E-state index contributed by atoms with van der Waals surface area (Å²) in [4.78, 5) is 11.3. The lowest BCUT2D eigenvalue weighted by molar-refractivity contribution is -0.120. The van der Waals surface area contributed by atoms with Gasteiger partial charge >= 0.3 is 0 Å². The molecule has 0 radical (unpaired) electrons. The molecular weight excluding hydrogens is 423 g/mol. The minimum atomic E-state index is -0.204. The maximum atomic E-state index is 13.0. The van der Waals surface area contributed by atoms with E-state index in [1.807, 2.05) is 12.1 Å². The fraction of sp³-hybridized carbons (Fsp3) is 0.567. The van der Waals surface area contributed by atoms with Crippen molar-refractivity contribution in [3.05, 3.63) is 71.0 Å². The van der Waals surface area contributed by atoms with E-state index in [0.29, 0.717) is 11.8 Å². The molecule has 1 aliphatic carbocycles. The Morgan fingerprint density at radius 3 is 2.06 bits per heavy atom. The van der Waals surface area contributed by atoms with Gasteiger partial charge in [-0.2, -0.15) is 0 Å². The topological polar surface area (TPSA) is 55.1 Å². The van der Waals surface area contributed by atoms with E-state index in [2.05, 4.69) is 57.3 Å². The normalized spacial score (nSPS) is 15.9. The first-order valence-electron chi connectivity index (χ1n) is 13.1. The van der Waals surface area contributed by atoms with Crippen LogP contribution in [-0.2, 0) is 4.79 Å². The van der Waals surface area contributed by atoms with Crippen molar-refractivity contribution in [1.29, 1.82) is 0 Å². The summed E-state index contributed by atoms with van der Waals surface area (Å²) < 4.78 is 13.0. The highest BCUT2D eigenvalue weighted by Gasteiger charge is 2.19. The number of carbonyl (C=O) groups excluding carboxylic acids is 1. The van der Waals surface area contributed by atoms with E-state index in [1.165, 1.54) is 48.8 Å². The van der Waals surface area contributed by atoms with Crippen molar-refractivity contribution in [2.75, 3.05) is 6.54 Å². The predicted octanol–water partition coefficient (Wildman–Crippen LogP) is 7.12. The van der Waals surface area contributed by atoms with Gasteiger partial charge in [-0.25, -0.2) is 4.39 Å². The summed E-state index contributed by atoms with van der Waals surface area (Å²) >= 11 is 0. The number of benzene rings is 2. The zero-order valence-electron chi connectivity index (χ0n) is 21.7. The Kier molecular flexibility index (Phi) is 12.3. The van der Waals surface area contributed by atoms with Crippen LogP contribution in [0.25, 0.3) is 0 Å². The molecule has 1 fully saturated rings. The summed E-state index contributed by atoms with van der Waals surface area (Å²) in [5.41, 5.74) is 9.18. The van der Waals surface area contributed by atoms with Crippen molar-refractivity contribution in [2.24, 2.45) is 17.6 Å². The number of primary amides is 1. The number of aryl methyl sites for hydroxylation is 1. The molecule has 0 saturated heterocycles. The minimum absolute atomic E-state index is 0.137. The molecule has 0 aliphatic heterocycles. The van der Waals surface area contributed by atoms with Crippen LogP contribution in [0, 0.1) is 24.6 Å². The van der Waals surface area contributed by atoms with Crippen molar-refractivity contribution in [2.45, 2.75) is 91.0 Å². The molecule has 0 spiro atoms. The Hall–Kier alpha value is -2.20. The van der Waals surface area contributed by atoms with Crippen LogP contribution >= 0.6 is 0 Å². The Balaban J connectivity index is 0.000000242. The van der Waals surface area contributed by atoms with Gasteiger partial charge in [-0.15, -0.1) is 0 Å². The van der Waals surface area contributed by atoms with Crippen LogP contribution in [0.1, 0.15) is 94.7 Å². The quantitative estimate of drug-likeness (QED) is 0.390. The number of halogens is 1. The average molecular weight is 469 g/mol. The van der Waals surface area contributed by atoms with E-state index in [-0.39, 0.29) is 17.8 Å². The van der Waals surface area contributed by atoms with Crippen LogP contribution in [-0.4, -0.2) is 18.5 Å². The van der Waals surface area contributed by atoms with Crippen LogP contribution < -0.4 is 11.1 Å². The van der Waals surface area contributed by atoms with Crippen LogP contribution in [0.5, 0.6) is 0 Å². The van der Waals surface area contributed by atoms with E-state index < -0.39 is 0 Å². The Morgan fingerprint density at radius 2 is 1.56 bits per heavy atom. The molecule has 4 heteroatoms. The summed E-state index contributed by atoms with van der Waals surface area (Å²) in [5.74, 6) is 1.26. The van der Waals surface area contributed by atoms with Crippen molar-refractivity contribution in [3.63, 3.8) is 0 Å². The van der Waals surface area contributed by atoms with Crippen molar-refractivity contribution in [1.82, 2.24) is 5.32 Å². The van der Waals surface area contributed by atoms with E-state index in [1.54, 1.807) is 12.1 Å². The van der Waals surface area contributed by atoms with Gasteiger partial charge < -0.3 is 11.1 Å². The first-order chi connectivity index (χ1) is 16.3. The minimum Gasteiger partial charge on any atom is -0.368 e. The Labute approximate surface area is 206 Å². The molecule has 2 aromatic rings. The van der Waals surface area contributed by atoms with E-state index in [4.69, 9.17) is 5.73 Å². The molecule has 3 N–H and O–H groups in total. The summed E-state index contributed by atoms with van der Waals surface area (Å²) in [6.07, 6.45) is 9.74. The van der Waals surface area contributed by atoms with Gasteiger partial charge in [-0.1, -0.05) is 88.4 Å². The van der Waals surface area contributed by atoms with E-state index in [0.717, 1.165) is 31.7 Å². The molecule has 0 heterocycles. The molecule has 1 amide bonds. The molecule has 0 bridgehead atoms. The van der Waals surface area contributed by atoms with Gasteiger partial charge in [-0.05, 0) is 74.2 Å². The van der Waals surface area contributed by atoms with Crippen LogP contribution in [0.15, 0.2) is 48.5 Å². The molecule has 2 aromatic carbocycles. The smallest absolute Gasteiger partial charge is 0.234 e. The Morgan fingerprint density at radius 1 is 1.00 bits per heavy atom. The summed E-state index contributed by atoms with van der Waals surface area (Å²) in [5, 5.41) is 3.35. The first kappa shape index (κ1) is 28.0. The second-order valence-corrected chi connectivity index (χ2v) is 10.3. The van der Waals surface area contributed by atoms with Gasteiger partial charge in [0.15, 0.2) is 0 Å². The van der Waals surface area contributed by atoms with Gasteiger partial charge in [0.1, 0.15) is 5.82 Å². The third kappa shape index (κ3) is 9.97. The van der Waals surface area contributed by atoms with E-state index in [9.17, 15) is 9.18 Å². The maximum Gasteiger partial charge on any atom is 0.234 e. The molecule has 3 nitrogen and oxygen atoms in total. The van der Waals surface area contributed by atoms with Crippen LogP contribution in [0.2, 0.25) is 0 Å². The van der Waals surface area contributed by atoms with Gasteiger partial charge in [0, 0.05) is 5.92 Å². The summed E-state index contributed by atoms with van der Waals surface area (Å²) in [6, 6.07) is 15.4. The zero-order chi connectivity index (χ0) is 24.9. The third-order valence-electron chi connectivity index (χ3n) is 6.76. The van der Waals surface area contributed by atoms with Gasteiger partial charge in [-0.3, -0.25) is 4.79 Å². The highest BCUT2D eigenvalue weighted by molar-refractivity contribution is 5.79. The number of rotatable bonds is 10. The molecule has 1 aliphatic rings. The second kappa shape index (κ2) is 14.9. The number of nitrogens with one attached hydrogen (secondary N) is 1. The highest BCUT2D eigenvalue weighted by atomic mass is 19.1. The molecule has 34 heavy (non-hydrogen) atoms. The largest absolute Gasteiger partial charge is 0.368 e. The SMILES string of the molecule is CC(C)CC(NCC1CCCCC1)C(N)=O.CCCC(c1ccc(C)cc1)c1ccc(F)cc1. The fourth-order valence-electron chi connectivity index (χ4n) is 4.78. The van der Waals surface area contributed by atoms with Crippen molar-refractivity contribution in [3.8, 4) is 0 Å². The molecular formula is C30H45FN2O. The Bertz CT molecular complexity index is 780. The molecule has 1 saturated carbocycles. The first-order valence-corrected chi connectivity index (χ1v) is 13.1. The average Bonchev–Trinajstić information content (AvgIpc) is 2.82. The summed E-state index contributed by atoms with van der Waals surface area (Å²) in [6.45, 7) is 9.48. The second-order valence-electron chi connectivity index (χ2n) is 10.3. The number of hydrogen-bond donors (Lipinski definition) is 2. The number of amides is 1. The number of nitrogens with two attached hydrogens (primary N) is 1. The zero-order valence-corrected chi connectivity index (χ0v) is 21.7. The lowest BCUT2D eigenvalue weighted by atomic mass is 9.87. The molecule has 3 rings (SSSR count). The maximum absolute atomic E-state index is 13.0. The number of carbonyl (C=O) groups is 1. The summed E-state index contributed by atoms with van der Waals surface area (Å²) in [7, 11) is 0. The number of hydrogen-bond acceptors (Lipinski definition) is 2. The lowest BCUT2D eigenvalue weighted by Crippen LogP contribution is -2.44. The van der Waals surface area contributed by atoms with E-state index >= 15 is 0 Å². The molecule has 2 atom stereocenters. The molecule has 2 unspecified atom stereocenters. The molecule has 0 aromatic heterocycles. The van der Waals surface area contributed by atoms with Crippen molar-refractivity contribution >= 4 is 5.91 Å².